The predicted molar refractivity (Wildman–Crippen MR) is 151 cm³/mol. The molecule has 1 atom stereocenters. The second kappa shape index (κ2) is 10.6. The zero-order valence-electron chi connectivity index (χ0n) is 20.8. The van der Waals surface area contributed by atoms with Crippen LogP contribution in [0.15, 0.2) is 54.9 Å². The lowest BCUT2D eigenvalue weighted by atomic mass is 10.0. The van der Waals surface area contributed by atoms with Gasteiger partial charge < -0.3 is 15.1 Å². The Morgan fingerprint density at radius 3 is 2.59 bits per heavy atom. The van der Waals surface area contributed by atoms with E-state index in [-0.39, 0.29) is 17.2 Å². The SMILES string of the molecule is O=C(Nc1cnn2ccc(N3CCC[C@@H]3c3cc(F)ccc3F)nc12)c1ccc(N2CCN(I)CC2)cc1F. The summed E-state index contributed by atoms with van der Waals surface area (Å²) in [6, 6.07) is 9.48. The van der Waals surface area contributed by atoms with E-state index in [0.29, 0.717) is 30.1 Å². The fraction of sp³-hybridized carbons (Fsp3) is 0.296. The van der Waals surface area contributed by atoms with Gasteiger partial charge in [0.1, 0.15) is 29.0 Å². The number of benzene rings is 2. The van der Waals surface area contributed by atoms with E-state index in [4.69, 9.17) is 0 Å². The molecule has 2 fully saturated rings. The molecule has 1 amide bonds. The Balaban J connectivity index is 1.23. The number of halogens is 4. The van der Waals surface area contributed by atoms with Crippen LogP contribution in [0.2, 0.25) is 0 Å². The number of aromatic nitrogens is 3. The highest BCUT2D eigenvalue weighted by Gasteiger charge is 2.30. The largest absolute Gasteiger partial charge is 0.369 e. The van der Waals surface area contributed by atoms with E-state index < -0.39 is 23.4 Å². The molecule has 0 aliphatic carbocycles. The molecule has 202 valence electrons. The summed E-state index contributed by atoms with van der Waals surface area (Å²) in [4.78, 5) is 21.7. The van der Waals surface area contributed by atoms with Crippen LogP contribution < -0.4 is 15.1 Å². The average Bonchev–Trinajstić information content (AvgIpc) is 3.57. The number of hydrogen-bond acceptors (Lipinski definition) is 6. The van der Waals surface area contributed by atoms with Crippen molar-refractivity contribution in [2.75, 3.05) is 47.8 Å². The topological polar surface area (TPSA) is 69.0 Å². The van der Waals surface area contributed by atoms with Crippen LogP contribution in [0.4, 0.5) is 30.4 Å². The fourth-order valence-electron chi connectivity index (χ4n) is 5.26. The van der Waals surface area contributed by atoms with Crippen LogP contribution >= 0.6 is 22.9 Å². The van der Waals surface area contributed by atoms with Gasteiger partial charge in [0.05, 0.1) is 17.8 Å². The summed E-state index contributed by atoms with van der Waals surface area (Å²) in [5.74, 6) is -1.63. The van der Waals surface area contributed by atoms with Gasteiger partial charge in [0.2, 0.25) is 0 Å². The summed E-state index contributed by atoms with van der Waals surface area (Å²) in [5.41, 5.74) is 1.62. The molecule has 0 bridgehead atoms. The molecular formula is C27H25F3IN7O. The first-order valence-electron chi connectivity index (χ1n) is 12.7. The summed E-state index contributed by atoms with van der Waals surface area (Å²) in [6.07, 6.45) is 4.58. The third-order valence-electron chi connectivity index (χ3n) is 7.25. The van der Waals surface area contributed by atoms with Crippen molar-refractivity contribution in [2.24, 2.45) is 0 Å². The van der Waals surface area contributed by atoms with Gasteiger partial charge in [-0.2, -0.15) is 5.10 Å². The summed E-state index contributed by atoms with van der Waals surface area (Å²) >= 11 is 2.28. The normalized spacial score (nSPS) is 18.2. The number of fused-ring (bicyclic) bond motifs is 1. The van der Waals surface area contributed by atoms with Crippen molar-refractivity contribution >= 4 is 51.6 Å². The van der Waals surface area contributed by atoms with E-state index in [0.717, 1.165) is 50.4 Å². The van der Waals surface area contributed by atoms with E-state index in [9.17, 15) is 13.6 Å². The van der Waals surface area contributed by atoms with Gasteiger partial charge in [0.15, 0.2) is 5.65 Å². The molecule has 0 radical (unpaired) electrons. The van der Waals surface area contributed by atoms with Gasteiger partial charge >= 0.3 is 0 Å². The van der Waals surface area contributed by atoms with Crippen LogP contribution in [0, 0.1) is 17.5 Å². The first-order chi connectivity index (χ1) is 18.9. The van der Waals surface area contributed by atoms with E-state index in [1.165, 1.54) is 28.9 Å². The monoisotopic (exact) mass is 647 g/mol. The van der Waals surface area contributed by atoms with E-state index >= 15 is 4.39 Å². The van der Waals surface area contributed by atoms with E-state index in [1.807, 2.05) is 4.90 Å². The third kappa shape index (κ3) is 5.14. The second-order valence-electron chi connectivity index (χ2n) is 9.64. The molecule has 12 heteroatoms. The van der Waals surface area contributed by atoms with Gasteiger partial charge in [-0.05, 0) is 55.3 Å². The minimum Gasteiger partial charge on any atom is -0.369 e. The van der Waals surface area contributed by atoms with Crippen molar-refractivity contribution in [3.05, 3.63) is 83.4 Å². The number of anilines is 3. The van der Waals surface area contributed by atoms with Crippen molar-refractivity contribution < 1.29 is 18.0 Å². The molecule has 8 nitrogen and oxygen atoms in total. The summed E-state index contributed by atoms with van der Waals surface area (Å²) in [7, 11) is 0. The second-order valence-corrected chi connectivity index (χ2v) is 11.0. The highest BCUT2D eigenvalue weighted by Crippen LogP contribution is 2.37. The standard InChI is InChI=1S/C27H25F3IN7O/c28-17-3-6-21(29)20(14-17)24-2-1-8-37(24)25-7-9-38-26(34-25)23(16-32-38)33-27(39)19-5-4-18(15-22(19)30)35-10-12-36(31)13-11-35/h3-7,9,14-16,24H,1-2,8,10-13H2,(H,33,39)/t24-/m1/s1. The maximum absolute atomic E-state index is 15.0. The van der Waals surface area contributed by atoms with Gasteiger partial charge in [-0.1, -0.05) is 0 Å². The molecule has 2 saturated heterocycles. The van der Waals surface area contributed by atoms with Crippen LogP contribution in [0.5, 0.6) is 0 Å². The van der Waals surface area contributed by atoms with Crippen LogP contribution in [0.3, 0.4) is 0 Å². The van der Waals surface area contributed by atoms with Gasteiger partial charge in [0.25, 0.3) is 5.91 Å². The van der Waals surface area contributed by atoms with Crippen molar-refractivity contribution in [2.45, 2.75) is 18.9 Å². The van der Waals surface area contributed by atoms with Crippen molar-refractivity contribution in [3.8, 4) is 0 Å². The van der Waals surface area contributed by atoms with Crippen LogP contribution in [0.25, 0.3) is 5.65 Å². The zero-order valence-corrected chi connectivity index (χ0v) is 23.0. The Kier molecular flexibility index (Phi) is 7.06. The van der Waals surface area contributed by atoms with Crippen molar-refractivity contribution in [1.29, 1.82) is 0 Å². The fourth-order valence-corrected chi connectivity index (χ4v) is 5.69. The maximum Gasteiger partial charge on any atom is 0.258 e. The Labute approximate surface area is 236 Å². The highest BCUT2D eigenvalue weighted by atomic mass is 127. The lowest BCUT2D eigenvalue weighted by Gasteiger charge is -2.33. The Hall–Kier alpha value is -3.39. The Bertz CT molecular complexity index is 1540. The van der Waals surface area contributed by atoms with Crippen LogP contribution in [-0.4, -0.2) is 56.3 Å². The average molecular weight is 647 g/mol. The summed E-state index contributed by atoms with van der Waals surface area (Å²) in [5, 5.41) is 6.98. The van der Waals surface area contributed by atoms with Gasteiger partial charge in [-0.3, -0.25) is 4.79 Å². The molecule has 6 rings (SSSR count). The van der Waals surface area contributed by atoms with Crippen LogP contribution in [0.1, 0.15) is 34.8 Å². The number of hydrogen-bond donors (Lipinski definition) is 1. The molecular weight excluding hydrogens is 622 g/mol. The number of rotatable bonds is 5. The van der Waals surface area contributed by atoms with Crippen LogP contribution in [-0.2, 0) is 0 Å². The molecule has 1 N–H and O–H groups in total. The van der Waals surface area contributed by atoms with Gasteiger partial charge in [-0.15, -0.1) is 0 Å². The van der Waals surface area contributed by atoms with Crippen molar-refractivity contribution in [1.82, 2.24) is 17.7 Å². The molecule has 0 saturated carbocycles. The first kappa shape index (κ1) is 25.9. The number of carbonyl (C=O) groups is 1. The van der Waals surface area contributed by atoms with Gasteiger partial charge in [0, 0.05) is 73.0 Å². The van der Waals surface area contributed by atoms with Crippen molar-refractivity contribution in [3.63, 3.8) is 0 Å². The molecule has 39 heavy (non-hydrogen) atoms. The molecule has 4 aromatic rings. The molecule has 0 spiro atoms. The van der Waals surface area contributed by atoms with Gasteiger partial charge in [-0.25, -0.2) is 25.8 Å². The number of nitrogens with one attached hydrogen (secondary N) is 1. The highest BCUT2D eigenvalue weighted by molar-refractivity contribution is 14.1. The number of carbonyl (C=O) groups excluding carboxylic acids is 1. The number of piperazine rings is 1. The lowest BCUT2D eigenvalue weighted by molar-refractivity contribution is 0.102. The smallest absolute Gasteiger partial charge is 0.258 e. The summed E-state index contributed by atoms with van der Waals surface area (Å²) < 4.78 is 47.1. The molecule has 2 aromatic carbocycles. The van der Waals surface area contributed by atoms with E-state index in [2.05, 4.69) is 46.3 Å². The Morgan fingerprint density at radius 1 is 0.974 bits per heavy atom. The third-order valence-corrected chi connectivity index (χ3v) is 8.22. The van der Waals surface area contributed by atoms with E-state index in [1.54, 1.807) is 18.3 Å². The zero-order chi connectivity index (χ0) is 27.1. The molecule has 0 unspecified atom stereocenters. The maximum atomic E-state index is 15.0. The Morgan fingerprint density at radius 2 is 1.79 bits per heavy atom. The minimum absolute atomic E-state index is 0.0806. The molecule has 4 heterocycles. The summed E-state index contributed by atoms with van der Waals surface area (Å²) in [6.45, 7) is 3.94. The molecule has 2 aliphatic heterocycles. The minimum atomic E-state index is -0.612. The molecule has 2 aliphatic rings. The lowest BCUT2D eigenvalue weighted by Crippen LogP contribution is -2.42. The predicted octanol–water partition coefficient (Wildman–Crippen LogP) is 5.21. The number of amides is 1. The number of nitrogens with zero attached hydrogens (tertiary/aromatic N) is 6. The quantitative estimate of drug-likeness (QED) is 0.237. The first-order valence-corrected chi connectivity index (χ1v) is 13.7. The molecule has 2 aromatic heterocycles.